The van der Waals surface area contributed by atoms with Crippen LogP contribution in [-0.4, -0.2) is 42.0 Å². The average Bonchev–Trinajstić information content (AvgIpc) is 3.28. The van der Waals surface area contributed by atoms with Crippen LogP contribution in [0.25, 0.3) is 0 Å². The highest BCUT2D eigenvalue weighted by atomic mass is 32.1. The molecular formula is C18H20FN3O4S. The monoisotopic (exact) mass is 393 g/mol. The molecule has 1 saturated heterocycles. The van der Waals surface area contributed by atoms with E-state index in [9.17, 15) is 9.18 Å². The zero-order valence-corrected chi connectivity index (χ0v) is 15.8. The Kier molecular flexibility index (Phi) is 6.36. The van der Waals surface area contributed by atoms with Gasteiger partial charge in [0.05, 0.1) is 25.5 Å². The van der Waals surface area contributed by atoms with E-state index in [2.05, 4.69) is 15.5 Å². The second-order valence-electron chi connectivity index (χ2n) is 6.15. The molecule has 7 nitrogen and oxygen atoms in total. The van der Waals surface area contributed by atoms with Gasteiger partial charge in [-0.1, -0.05) is 16.5 Å². The molecule has 0 saturated carbocycles. The van der Waals surface area contributed by atoms with Gasteiger partial charge in [0.1, 0.15) is 5.75 Å². The Balaban J connectivity index is 1.79. The van der Waals surface area contributed by atoms with Gasteiger partial charge in [-0.25, -0.2) is 4.98 Å². The molecule has 9 heteroatoms. The van der Waals surface area contributed by atoms with Gasteiger partial charge in [-0.3, -0.25) is 10.1 Å². The minimum absolute atomic E-state index is 0.0396. The van der Waals surface area contributed by atoms with Gasteiger partial charge in [0, 0.05) is 12.0 Å². The molecule has 1 atom stereocenters. The summed E-state index contributed by atoms with van der Waals surface area (Å²) in [6, 6.07) is 6.93. The van der Waals surface area contributed by atoms with Crippen molar-refractivity contribution in [2.75, 3.05) is 18.5 Å². The topological polar surface area (TPSA) is 82.0 Å². The van der Waals surface area contributed by atoms with Crippen LogP contribution in [0.1, 0.15) is 25.8 Å². The summed E-state index contributed by atoms with van der Waals surface area (Å²) in [5.74, 6) is 0.140. The second kappa shape index (κ2) is 8.92. The van der Waals surface area contributed by atoms with E-state index in [1.54, 1.807) is 24.3 Å². The number of carbonyl (C=O) groups excluding carboxylic acids is 1. The second-order valence-corrected chi connectivity index (χ2v) is 7.13. The maximum atomic E-state index is 13.1. The van der Waals surface area contributed by atoms with Gasteiger partial charge < -0.3 is 14.3 Å². The number of ether oxygens (including phenoxy) is 2. The normalized spacial score (nSPS) is 17.2. The first-order valence-corrected chi connectivity index (χ1v) is 9.34. The number of carbonyl (C=O) groups is 1. The van der Waals surface area contributed by atoms with Gasteiger partial charge in [-0.2, -0.15) is 4.39 Å². The standard InChI is InChI=1S/C18H20FN3O4S/c1-11(2)25-13-5-3-12(4-6-13)16(22-26-14-7-8-24-10-14)17(23)21-18-20-9-15(19)27-18/h3-6,9,11,14H,7-8,10H2,1-2H3,(H,20,21,23)/b22-16+/t14-/m1/s1. The number of anilines is 1. The molecule has 3 rings (SSSR count). The van der Waals surface area contributed by atoms with E-state index in [4.69, 9.17) is 14.3 Å². The number of hydrogen-bond acceptors (Lipinski definition) is 7. The summed E-state index contributed by atoms with van der Waals surface area (Å²) in [4.78, 5) is 21.9. The lowest BCUT2D eigenvalue weighted by atomic mass is 10.1. The number of benzene rings is 1. The molecule has 1 aromatic carbocycles. The van der Waals surface area contributed by atoms with Crippen LogP contribution >= 0.6 is 11.3 Å². The number of amides is 1. The van der Waals surface area contributed by atoms with Crippen molar-refractivity contribution in [2.24, 2.45) is 5.16 Å². The highest BCUT2D eigenvalue weighted by Gasteiger charge is 2.21. The molecule has 0 unspecified atom stereocenters. The maximum absolute atomic E-state index is 13.1. The van der Waals surface area contributed by atoms with Crippen LogP contribution in [0.3, 0.4) is 0 Å². The Labute approximate surface area is 160 Å². The number of halogens is 1. The number of oxime groups is 1. The minimum atomic E-state index is -0.541. The van der Waals surface area contributed by atoms with Crippen LogP contribution in [0.15, 0.2) is 35.6 Å². The molecule has 1 amide bonds. The summed E-state index contributed by atoms with van der Waals surface area (Å²) in [5.41, 5.74) is 0.605. The Bertz CT molecular complexity index is 801. The molecule has 1 aromatic heterocycles. The van der Waals surface area contributed by atoms with E-state index in [1.807, 2.05) is 13.8 Å². The Hall–Kier alpha value is -2.52. The summed E-state index contributed by atoms with van der Waals surface area (Å²) in [5, 5.41) is 6.23. The van der Waals surface area contributed by atoms with E-state index in [0.717, 1.165) is 17.5 Å². The van der Waals surface area contributed by atoms with Crippen LogP contribution in [0, 0.1) is 5.13 Å². The molecule has 1 aliphatic heterocycles. The van der Waals surface area contributed by atoms with Crippen LogP contribution in [0.4, 0.5) is 9.52 Å². The fourth-order valence-corrected chi connectivity index (χ4v) is 2.92. The quantitative estimate of drug-likeness (QED) is 0.577. The van der Waals surface area contributed by atoms with Gasteiger partial charge in [0.15, 0.2) is 22.1 Å². The molecule has 27 heavy (non-hydrogen) atoms. The molecule has 144 valence electrons. The van der Waals surface area contributed by atoms with E-state index >= 15 is 0 Å². The number of hydrogen-bond donors (Lipinski definition) is 1. The van der Waals surface area contributed by atoms with Crippen LogP contribution < -0.4 is 10.1 Å². The molecule has 1 N–H and O–H groups in total. The molecule has 0 spiro atoms. The summed E-state index contributed by atoms with van der Waals surface area (Å²) in [7, 11) is 0. The zero-order valence-electron chi connectivity index (χ0n) is 15.0. The highest BCUT2D eigenvalue weighted by molar-refractivity contribution is 7.14. The van der Waals surface area contributed by atoms with Gasteiger partial charge in [-0.05, 0) is 38.1 Å². The first-order valence-electron chi connectivity index (χ1n) is 8.52. The van der Waals surface area contributed by atoms with Gasteiger partial charge >= 0.3 is 0 Å². The Morgan fingerprint density at radius 1 is 1.41 bits per heavy atom. The minimum Gasteiger partial charge on any atom is -0.491 e. The third kappa shape index (κ3) is 5.48. The molecule has 0 aliphatic carbocycles. The van der Waals surface area contributed by atoms with E-state index in [0.29, 0.717) is 30.9 Å². The van der Waals surface area contributed by atoms with E-state index in [1.165, 1.54) is 0 Å². The van der Waals surface area contributed by atoms with Crippen molar-refractivity contribution in [3.63, 3.8) is 0 Å². The summed E-state index contributed by atoms with van der Waals surface area (Å²) in [6.07, 6.45) is 1.59. The molecule has 0 bridgehead atoms. The molecular weight excluding hydrogens is 373 g/mol. The van der Waals surface area contributed by atoms with Crippen molar-refractivity contribution in [3.05, 3.63) is 41.2 Å². The molecule has 2 aromatic rings. The third-order valence-corrected chi connectivity index (χ3v) is 4.29. The summed E-state index contributed by atoms with van der Waals surface area (Å²) in [6.45, 7) is 4.89. The number of thiazole rings is 1. The predicted molar refractivity (Wildman–Crippen MR) is 99.8 cm³/mol. The first-order chi connectivity index (χ1) is 13.0. The van der Waals surface area contributed by atoms with Crippen LogP contribution in [-0.2, 0) is 14.4 Å². The largest absolute Gasteiger partial charge is 0.491 e. The number of nitrogens with zero attached hydrogens (tertiary/aromatic N) is 2. The van der Waals surface area contributed by atoms with Crippen molar-refractivity contribution >= 4 is 28.1 Å². The molecule has 2 heterocycles. The molecule has 0 radical (unpaired) electrons. The van der Waals surface area contributed by atoms with Crippen molar-refractivity contribution in [2.45, 2.75) is 32.5 Å². The van der Waals surface area contributed by atoms with Crippen LogP contribution in [0.2, 0.25) is 0 Å². The third-order valence-electron chi connectivity index (χ3n) is 3.59. The van der Waals surface area contributed by atoms with Gasteiger partial charge in [0.25, 0.3) is 5.91 Å². The first kappa shape index (κ1) is 19.2. The summed E-state index contributed by atoms with van der Waals surface area (Å²) < 4.78 is 24.0. The fraction of sp³-hybridized carbons (Fsp3) is 0.389. The lowest BCUT2D eigenvalue weighted by molar-refractivity contribution is -0.110. The van der Waals surface area contributed by atoms with Crippen molar-refractivity contribution < 1.29 is 23.5 Å². The molecule has 1 aliphatic rings. The molecule has 1 fully saturated rings. The number of aromatic nitrogens is 1. The maximum Gasteiger partial charge on any atom is 0.280 e. The Morgan fingerprint density at radius 3 is 2.78 bits per heavy atom. The zero-order chi connectivity index (χ0) is 19.2. The van der Waals surface area contributed by atoms with Crippen molar-refractivity contribution in [1.82, 2.24) is 4.98 Å². The van der Waals surface area contributed by atoms with Crippen molar-refractivity contribution in [3.8, 4) is 5.75 Å². The predicted octanol–water partition coefficient (Wildman–Crippen LogP) is 3.22. The lowest BCUT2D eigenvalue weighted by Gasteiger charge is -2.12. The SMILES string of the molecule is CC(C)Oc1ccc(/C(=N\O[C@@H]2CCOC2)C(=O)Nc2ncc(F)s2)cc1. The van der Waals surface area contributed by atoms with E-state index in [-0.39, 0.29) is 23.1 Å². The van der Waals surface area contributed by atoms with Crippen molar-refractivity contribution in [1.29, 1.82) is 0 Å². The van der Waals surface area contributed by atoms with Crippen LogP contribution in [0.5, 0.6) is 5.75 Å². The Morgan fingerprint density at radius 2 is 2.19 bits per heavy atom. The smallest absolute Gasteiger partial charge is 0.280 e. The lowest BCUT2D eigenvalue weighted by Crippen LogP contribution is -2.25. The number of nitrogens with one attached hydrogen (secondary N) is 1. The fourth-order valence-electron chi connectivity index (χ4n) is 2.38. The average molecular weight is 393 g/mol. The highest BCUT2D eigenvalue weighted by Crippen LogP contribution is 2.19. The van der Waals surface area contributed by atoms with E-state index < -0.39 is 11.0 Å². The van der Waals surface area contributed by atoms with Gasteiger partial charge in [-0.15, -0.1) is 0 Å². The summed E-state index contributed by atoms with van der Waals surface area (Å²) >= 11 is 0.736. The van der Waals surface area contributed by atoms with Gasteiger partial charge in [0.2, 0.25) is 0 Å². The number of rotatable bonds is 7.